The molecule has 3 heterocycles. The number of benzene rings is 1. The van der Waals surface area contributed by atoms with E-state index in [-0.39, 0.29) is 18.1 Å². The quantitative estimate of drug-likeness (QED) is 0.744. The Hall–Kier alpha value is -3.06. The van der Waals surface area contributed by atoms with Crippen LogP contribution in [0.4, 0.5) is 4.39 Å². The van der Waals surface area contributed by atoms with Crippen LogP contribution in [0.25, 0.3) is 22.4 Å². The fraction of sp³-hybridized carbons (Fsp3) is 0.250. The smallest absolute Gasteiger partial charge is 0.228 e. The standard InChI is InChI=1S/C20H20FN5O/c21-16-3-1-15(2-4-16)20-19(14-5-7-22-8-6-14)17(24-25-20)13-18(27)26-11-9-23-10-12-26/h1-8,23H,9-13H2,(H,24,25). The molecule has 1 aromatic carbocycles. The molecule has 1 amide bonds. The molecule has 27 heavy (non-hydrogen) atoms. The number of carbonyl (C=O) groups excluding carboxylic acids is 1. The van der Waals surface area contributed by atoms with Crippen LogP contribution in [0, 0.1) is 5.82 Å². The summed E-state index contributed by atoms with van der Waals surface area (Å²) in [6.45, 7) is 3.05. The number of hydrogen-bond donors (Lipinski definition) is 2. The zero-order valence-electron chi connectivity index (χ0n) is 14.8. The van der Waals surface area contributed by atoms with Crippen molar-refractivity contribution in [3.05, 3.63) is 60.3 Å². The number of pyridine rings is 1. The van der Waals surface area contributed by atoms with Gasteiger partial charge in [0.25, 0.3) is 0 Å². The number of piperazine rings is 1. The fourth-order valence-corrected chi connectivity index (χ4v) is 3.33. The van der Waals surface area contributed by atoms with Gasteiger partial charge in [-0.25, -0.2) is 4.39 Å². The first-order chi connectivity index (χ1) is 13.2. The summed E-state index contributed by atoms with van der Waals surface area (Å²) in [5.41, 5.74) is 4.02. The minimum Gasteiger partial charge on any atom is -0.340 e. The third kappa shape index (κ3) is 3.73. The summed E-state index contributed by atoms with van der Waals surface area (Å²) in [6, 6.07) is 9.97. The van der Waals surface area contributed by atoms with E-state index in [0.717, 1.165) is 35.5 Å². The minimum absolute atomic E-state index is 0.0705. The van der Waals surface area contributed by atoms with Gasteiger partial charge in [0.05, 0.1) is 12.1 Å². The number of nitrogens with one attached hydrogen (secondary N) is 2. The molecule has 3 aromatic rings. The second-order valence-corrected chi connectivity index (χ2v) is 6.48. The maximum Gasteiger partial charge on any atom is 0.228 e. The molecular weight excluding hydrogens is 345 g/mol. The van der Waals surface area contributed by atoms with Gasteiger partial charge in [0.1, 0.15) is 11.5 Å². The van der Waals surface area contributed by atoms with Gasteiger partial charge < -0.3 is 10.2 Å². The number of rotatable bonds is 4. The first-order valence-corrected chi connectivity index (χ1v) is 8.94. The van der Waals surface area contributed by atoms with Gasteiger partial charge >= 0.3 is 0 Å². The van der Waals surface area contributed by atoms with Crippen LogP contribution in [-0.4, -0.2) is 52.2 Å². The summed E-state index contributed by atoms with van der Waals surface area (Å²) in [7, 11) is 0. The van der Waals surface area contributed by atoms with Crippen molar-refractivity contribution in [2.45, 2.75) is 6.42 Å². The van der Waals surface area contributed by atoms with Crippen LogP contribution in [-0.2, 0) is 11.2 Å². The Bertz CT molecular complexity index is 917. The van der Waals surface area contributed by atoms with Crippen LogP contribution < -0.4 is 5.32 Å². The number of hydrogen-bond acceptors (Lipinski definition) is 4. The van der Waals surface area contributed by atoms with E-state index in [1.807, 2.05) is 17.0 Å². The van der Waals surface area contributed by atoms with Crippen molar-refractivity contribution in [2.75, 3.05) is 26.2 Å². The van der Waals surface area contributed by atoms with Crippen LogP contribution in [0.5, 0.6) is 0 Å². The van der Waals surface area contributed by atoms with Gasteiger partial charge in [0, 0.05) is 49.7 Å². The molecule has 2 aromatic heterocycles. The number of halogens is 1. The van der Waals surface area contributed by atoms with Crippen LogP contribution in [0.15, 0.2) is 48.8 Å². The van der Waals surface area contributed by atoms with Crippen molar-refractivity contribution < 1.29 is 9.18 Å². The van der Waals surface area contributed by atoms with Gasteiger partial charge in [0.15, 0.2) is 0 Å². The maximum atomic E-state index is 13.3. The van der Waals surface area contributed by atoms with Crippen LogP contribution in [0.3, 0.4) is 0 Å². The van der Waals surface area contributed by atoms with Crippen LogP contribution >= 0.6 is 0 Å². The number of H-pyrrole nitrogens is 1. The van der Waals surface area contributed by atoms with E-state index < -0.39 is 0 Å². The van der Waals surface area contributed by atoms with E-state index in [0.29, 0.717) is 18.8 Å². The topological polar surface area (TPSA) is 73.9 Å². The third-order valence-electron chi connectivity index (χ3n) is 4.73. The van der Waals surface area contributed by atoms with Gasteiger partial charge in [-0.2, -0.15) is 5.10 Å². The molecule has 7 heteroatoms. The van der Waals surface area contributed by atoms with Crippen molar-refractivity contribution in [3.8, 4) is 22.4 Å². The summed E-state index contributed by atoms with van der Waals surface area (Å²) in [5.74, 6) is -0.227. The fourth-order valence-electron chi connectivity index (χ4n) is 3.33. The number of carbonyl (C=O) groups is 1. The third-order valence-corrected chi connectivity index (χ3v) is 4.73. The Morgan fingerprint density at radius 1 is 1.04 bits per heavy atom. The van der Waals surface area contributed by atoms with Gasteiger partial charge in [-0.05, 0) is 42.0 Å². The molecule has 0 atom stereocenters. The summed E-state index contributed by atoms with van der Waals surface area (Å²) < 4.78 is 13.3. The Morgan fingerprint density at radius 2 is 1.74 bits per heavy atom. The van der Waals surface area contributed by atoms with Crippen molar-refractivity contribution in [1.82, 2.24) is 25.4 Å². The van der Waals surface area contributed by atoms with E-state index in [1.165, 1.54) is 12.1 Å². The van der Waals surface area contributed by atoms with E-state index in [2.05, 4.69) is 20.5 Å². The molecule has 0 aliphatic carbocycles. The molecule has 0 spiro atoms. The van der Waals surface area contributed by atoms with Crippen molar-refractivity contribution in [1.29, 1.82) is 0 Å². The van der Waals surface area contributed by atoms with E-state index in [9.17, 15) is 9.18 Å². The molecule has 138 valence electrons. The van der Waals surface area contributed by atoms with Crippen molar-refractivity contribution in [3.63, 3.8) is 0 Å². The lowest BCUT2D eigenvalue weighted by Crippen LogP contribution is -2.47. The second-order valence-electron chi connectivity index (χ2n) is 6.48. The van der Waals surface area contributed by atoms with E-state index in [4.69, 9.17) is 0 Å². The highest BCUT2D eigenvalue weighted by Gasteiger charge is 2.22. The minimum atomic E-state index is -0.297. The molecule has 2 N–H and O–H groups in total. The molecule has 0 unspecified atom stereocenters. The molecule has 6 nitrogen and oxygen atoms in total. The lowest BCUT2D eigenvalue weighted by Gasteiger charge is -2.27. The van der Waals surface area contributed by atoms with Crippen LogP contribution in [0.1, 0.15) is 5.69 Å². The molecular formula is C20H20FN5O. The zero-order valence-corrected chi connectivity index (χ0v) is 14.8. The highest BCUT2D eigenvalue weighted by atomic mass is 19.1. The largest absolute Gasteiger partial charge is 0.340 e. The molecule has 1 saturated heterocycles. The van der Waals surface area contributed by atoms with E-state index >= 15 is 0 Å². The molecule has 1 aliphatic heterocycles. The van der Waals surface area contributed by atoms with Gasteiger partial charge in [-0.3, -0.25) is 14.9 Å². The molecule has 4 rings (SSSR count). The number of amides is 1. The van der Waals surface area contributed by atoms with Gasteiger partial charge in [0.2, 0.25) is 5.91 Å². The summed E-state index contributed by atoms with van der Waals surface area (Å²) in [5, 5.41) is 10.7. The van der Waals surface area contributed by atoms with E-state index in [1.54, 1.807) is 24.5 Å². The zero-order chi connectivity index (χ0) is 18.6. The Morgan fingerprint density at radius 3 is 2.44 bits per heavy atom. The first kappa shape index (κ1) is 17.4. The molecule has 1 aliphatic rings. The number of aromatic nitrogens is 3. The van der Waals surface area contributed by atoms with Crippen molar-refractivity contribution >= 4 is 5.91 Å². The predicted molar refractivity (Wildman–Crippen MR) is 100 cm³/mol. The molecule has 1 fully saturated rings. The average Bonchev–Trinajstić information content (AvgIpc) is 3.13. The monoisotopic (exact) mass is 365 g/mol. The SMILES string of the molecule is O=C(Cc1[nH]nc(-c2ccc(F)cc2)c1-c1ccncc1)N1CCNCC1. The summed E-state index contributed by atoms with van der Waals surface area (Å²) in [4.78, 5) is 18.7. The average molecular weight is 365 g/mol. The molecule has 0 saturated carbocycles. The first-order valence-electron chi connectivity index (χ1n) is 8.94. The normalized spacial score (nSPS) is 14.3. The summed E-state index contributed by atoms with van der Waals surface area (Å²) >= 11 is 0. The van der Waals surface area contributed by atoms with Crippen molar-refractivity contribution in [2.24, 2.45) is 0 Å². The highest BCUT2D eigenvalue weighted by molar-refractivity contribution is 5.87. The van der Waals surface area contributed by atoms with Crippen LogP contribution in [0.2, 0.25) is 0 Å². The lowest BCUT2D eigenvalue weighted by molar-refractivity contribution is -0.131. The Balaban J connectivity index is 1.71. The van der Waals surface area contributed by atoms with Gasteiger partial charge in [-0.1, -0.05) is 0 Å². The molecule has 0 bridgehead atoms. The lowest BCUT2D eigenvalue weighted by atomic mass is 9.98. The highest BCUT2D eigenvalue weighted by Crippen LogP contribution is 2.33. The predicted octanol–water partition coefficient (Wildman–Crippen LogP) is 2.25. The number of aromatic amines is 1. The Kier molecular flexibility index (Phi) is 4.93. The Labute approximate surface area is 156 Å². The van der Waals surface area contributed by atoms with Gasteiger partial charge in [-0.15, -0.1) is 0 Å². The molecule has 0 radical (unpaired) electrons. The maximum absolute atomic E-state index is 13.3. The number of nitrogens with zero attached hydrogens (tertiary/aromatic N) is 3. The second kappa shape index (κ2) is 7.67. The summed E-state index contributed by atoms with van der Waals surface area (Å²) in [6.07, 6.45) is 3.66.